The molecule has 23 heavy (non-hydrogen) atoms. The second kappa shape index (κ2) is 6.96. The Morgan fingerprint density at radius 1 is 1.30 bits per heavy atom. The molecule has 0 atom stereocenters. The number of aromatic nitrogens is 2. The molecule has 5 nitrogen and oxygen atoms in total. The Hall–Kier alpha value is -2.14. The van der Waals surface area contributed by atoms with Crippen LogP contribution in [-0.2, 0) is 13.0 Å². The lowest BCUT2D eigenvalue weighted by molar-refractivity contribution is 0.307. The van der Waals surface area contributed by atoms with Gasteiger partial charge in [-0.2, -0.15) is 0 Å². The second-order valence-corrected chi connectivity index (χ2v) is 6.20. The molecule has 1 aliphatic heterocycles. The Morgan fingerprint density at radius 2 is 2.17 bits per heavy atom. The van der Waals surface area contributed by atoms with Crippen LogP contribution in [0.4, 0.5) is 5.82 Å². The quantitative estimate of drug-likeness (QED) is 0.847. The largest absolute Gasteiger partial charge is 0.492 e. The number of anilines is 1. The van der Waals surface area contributed by atoms with E-state index in [1.165, 1.54) is 16.8 Å². The summed E-state index contributed by atoms with van der Waals surface area (Å²) in [7, 11) is 4.21. The SMILES string of the molecule is Cc1cccc(OCCN(C)c2ncnc3c2CN(C)CC3)c1. The van der Waals surface area contributed by atoms with Gasteiger partial charge in [-0.05, 0) is 31.7 Å². The molecule has 0 amide bonds. The molecule has 0 saturated carbocycles. The monoisotopic (exact) mass is 312 g/mol. The predicted octanol–water partition coefficient (Wildman–Crippen LogP) is 2.29. The van der Waals surface area contributed by atoms with E-state index in [0.29, 0.717) is 6.61 Å². The summed E-state index contributed by atoms with van der Waals surface area (Å²) in [6.07, 6.45) is 2.67. The van der Waals surface area contributed by atoms with E-state index in [1.54, 1.807) is 6.33 Å². The van der Waals surface area contributed by atoms with Crippen LogP contribution in [0.2, 0.25) is 0 Å². The normalized spacial score (nSPS) is 14.4. The van der Waals surface area contributed by atoms with E-state index in [-0.39, 0.29) is 0 Å². The Labute approximate surface area is 137 Å². The standard InChI is InChI=1S/C18H24N4O/c1-14-5-4-6-15(11-14)23-10-9-22(3)18-16-12-21(2)8-7-17(16)19-13-20-18/h4-6,11,13H,7-10,12H2,1-3H3. The highest BCUT2D eigenvalue weighted by Gasteiger charge is 2.20. The molecule has 0 aliphatic carbocycles. The molecule has 0 bridgehead atoms. The van der Waals surface area contributed by atoms with Gasteiger partial charge in [0.05, 0.1) is 12.2 Å². The zero-order valence-corrected chi connectivity index (χ0v) is 14.1. The number of benzene rings is 1. The Balaban J connectivity index is 1.63. The van der Waals surface area contributed by atoms with E-state index < -0.39 is 0 Å². The van der Waals surface area contributed by atoms with Crippen molar-refractivity contribution >= 4 is 5.82 Å². The highest BCUT2D eigenvalue weighted by molar-refractivity contribution is 5.48. The molecule has 0 spiro atoms. The summed E-state index contributed by atoms with van der Waals surface area (Å²) in [5.74, 6) is 1.94. The summed E-state index contributed by atoms with van der Waals surface area (Å²) in [5, 5.41) is 0. The van der Waals surface area contributed by atoms with E-state index in [2.05, 4.69) is 52.9 Å². The van der Waals surface area contributed by atoms with Crippen LogP contribution in [0.3, 0.4) is 0 Å². The van der Waals surface area contributed by atoms with Gasteiger partial charge in [-0.15, -0.1) is 0 Å². The van der Waals surface area contributed by atoms with Gasteiger partial charge in [-0.25, -0.2) is 9.97 Å². The number of aryl methyl sites for hydroxylation is 1. The molecule has 0 N–H and O–H groups in total. The molecule has 0 radical (unpaired) electrons. The van der Waals surface area contributed by atoms with Crippen molar-refractivity contribution in [2.45, 2.75) is 19.9 Å². The highest BCUT2D eigenvalue weighted by Crippen LogP contribution is 2.24. The molecule has 0 unspecified atom stereocenters. The van der Waals surface area contributed by atoms with Crippen molar-refractivity contribution in [2.75, 3.05) is 38.7 Å². The molecular formula is C18H24N4O. The minimum Gasteiger partial charge on any atom is -0.492 e. The van der Waals surface area contributed by atoms with Gasteiger partial charge in [0.15, 0.2) is 0 Å². The van der Waals surface area contributed by atoms with E-state index in [0.717, 1.165) is 37.6 Å². The smallest absolute Gasteiger partial charge is 0.136 e. The van der Waals surface area contributed by atoms with Crippen LogP contribution in [0.25, 0.3) is 0 Å². The first-order valence-corrected chi connectivity index (χ1v) is 8.05. The fourth-order valence-corrected chi connectivity index (χ4v) is 2.90. The van der Waals surface area contributed by atoms with Crippen LogP contribution in [-0.4, -0.2) is 48.7 Å². The van der Waals surface area contributed by atoms with Gasteiger partial charge >= 0.3 is 0 Å². The molecule has 0 fully saturated rings. The first-order chi connectivity index (χ1) is 11.1. The fraction of sp³-hybridized carbons (Fsp3) is 0.444. The van der Waals surface area contributed by atoms with Crippen LogP contribution >= 0.6 is 0 Å². The van der Waals surface area contributed by atoms with Crippen LogP contribution in [0.15, 0.2) is 30.6 Å². The molecule has 0 saturated heterocycles. The number of fused-ring (bicyclic) bond motifs is 1. The molecular weight excluding hydrogens is 288 g/mol. The Morgan fingerprint density at radius 3 is 3.00 bits per heavy atom. The lowest BCUT2D eigenvalue weighted by Crippen LogP contribution is -2.32. The number of hydrogen-bond donors (Lipinski definition) is 0. The van der Waals surface area contributed by atoms with E-state index in [9.17, 15) is 0 Å². The molecule has 3 rings (SSSR count). The third kappa shape index (κ3) is 3.79. The number of ether oxygens (including phenoxy) is 1. The number of rotatable bonds is 5. The van der Waals surface area contributed by atoms with Crippen molar-refractivity contribution in [1.29, 1.82) is 0 Å². The summed E-state index contributed by atoms with van der Waals surface area (Å²) >= 11 is 0. The lowest BCUT2D eigenvalue weighted by atomic mass is 10.1. The van der Waals surface area contributed by atoms with Gasteiger partial charge in [0.1, 0.15) is 24.5 Å². The zero-order chi connectivity index (χ0) is 16.2. The fourth-order valence-electron chi connectivity index (χ4n) is 2.90. The van der Waals surface area contributed by atoms with Gasteiger partial charge < -0.3 is 14.5 Å². The molecule has 2 aromatic rings. The lowest BCUT2D eigenvalue weighted by Gasteiger charge is -2.28. The van der Waals surface area contributed by atoms with Crippen molar-refractivity contribution in [2.24, 2.45) is 0 Å². The van der Waals surface area contributed by atoms with Crippen molar-refractivity contribution in [3.8, 4) is 5.75 Å². The van der Waals surface area contributed by atoms with E-state index >= 15 is 0 Å². The van der Waals surface area contributed by atoms with E-state index in [4.69, 9.17) is 4.74 Å². The summed E-state index contributed by atoms with van der Waals surface area (Å²) in [6, 6.07) is 8.14. The summed E-state index contributed by atoms with van der Waals surface area (Å²) in [5.41, 5.74) is 3.64. The molecule has 1 aromatic heterocycles. The minimum atomic E-state index is 0.634. The predicted molar refractivity (Wildman–Crippen MR) is 92.0 cm³/mol. The maximum atomic E-state index is 5.85. The van der Waals surface area contributed by atoms with Gasteiger partial charge in [-0.1, -0.05) is 12.1 Å². The Bertz CT molecular complexity index is 674. The number of likely N-dealkylation sites (N-methyl/N-ethyl adjacent to an activating group) is 2. The summed E-state index contributed by atoms with van der Waals surface area (Å²) in [4.78, 5) is 13.4. The van der Waals surface area contributed by atoms with Gasteiger partial charge in [-0.3, -0.25) is 0 Å². The molecule has 1 aliphatic rings. The first-order valence-electron chi connectivity index (χ1n) is 8.05. The third-order valence-corrected chi connectivity index (χ3v) is 4.22. The first kappa shape index (κ1) is 15.7. The molecule has 122 valence electrons. The van der Waals surface area contributed by atoms with Crippen molar-refractivity contribution < 1.29 is 4.74 Å². The van der Waals surface area contributed by atoms with Crippen LogP contribution in [0.5, 0.6) is 5.75 Å². The number of nitrogens with zero attached hydrogens (tertiary/aromatic N) is 4. The second-order valence-electron chi connectivity index (χ2n) is 6.20. The maximum absolute atomic E-state index is 5.85. The van der Waals surface area contributed by atoms with Crippen molar-refractivity contribution in [3.05, 3.63) is 47.4 Å². The molecule has 5 heteroatoms. The van der Waals surface area contributed by atoms with E-state index in [1.807, 2.05) is 12.1 Å². The number of hydrogen-bond acceptors (Lipinski definition) is 5. The molecule has 2 heterocycles. The van der Waals surface area contributed by atoms with Gasteiger partial charge in [0.25, 0.3) is 0 Å². The molecule has 1 aromatic carbocycles. The van der Waals surface area contributed by atoms with Gasteiger partial charge in [0.2, 0.25) is 0 Å². The average molecular weight is 312 g/mol. The summed E-state index contributed by atoms with van der Waals surface area (Å²) < 4.78 is 5.85. The van der Waals surface area contributed by atoms with Crippen LogP contribution < -0.4 is 9.64 Å². The minimum absolute atomic E-state index is 0.634. The van der Waals surface area contributed by atoms with Crippen molar-refractivity contribution in [1.82, 2.24) is 14.9 Å². The maximum Gasteiger partial charge on any atom is 0.136 e. The van der Waals surface area contributed by atoms with Crippen LogP contribution in [0.1, 0.15) is 16.8 Å². The Kier molecular flexibility index (Phi) is 4.76. The van der Waals surface area contributed by atoms with Gasteiger partial charge in [0, 0.05) is 32.1 Å². The average Bonchev–Trinajstić information content (AvgIpc) is 2.54. The third-order valence-electron chi connectivity index (χ3n) is 4.22. The highest BCUT2D eigenvalue weighted by atomic mass is 16.5. The van der Waals surface area contributed by atoms with Crippen LogP contribution in [0, 0.1) is 6.92 Å². The summed E-state index contributed by atoms with van der Waals surface area (Å²) in [6.45, 7) is 5.47. The van der Waals surface area contributed by atoms with Crippen molar-refractivity contribution in [3.63, 3.8) is 0 Å². The topological polar surface area (TPSA) is 41.5 Å². The zero-order valence-electron chi connectivity index (χ0n) is 14.1.